The van der Waals surface area contributed by atoms with Gasteiger partial charge in [0.1, 0.15) is 5.69 Å². The van der Waals surface area contributed by atoms with Gasteiger partial charge in [0.2, 0.25) is 11.8 Å². The molecular weight excluding hydrogens is 442 g/mol. The number of aromatic amines is 1. The maximum absolute atomic E-state index is 12.8. The van der Waals surface area contributed by atoms with Crippen molar-refractivity contribution in [2.24, 2.45) is 5.92 Å². The average molecular weight is 474 g/mol. The summed E-state index contributed by atoms with van der Waals surface area (Å²) in [6.07, 6.45) is 2.22. The van der Waals surface area contributed by atoms with Crippen LogP contribution in [0.2, 0.25) is 5.02 Å². The van der Waals surface area contributed by atoms with Crippen molar-refractivity contribution in [1.82, 2.24) is 15.2 Å². The highest BCUT2D eigenvalue weighted by Gasteiger charge is 2.27. The number of halogens is 1. The topological polar surface area (TPSA) is 91.5 Å². The summed E-state index contributed by atoms with van der Waals surface area (Å²) in [6, 6.07) is 7.46. The lowest BCUT2D eigenvalue weighted by atomic mass is 9.95. The fraction of sp³-hybridized carbons (Fsp3) is 0.480. The molecule has 2 heterocycles. The monoisotopic (exact) mass is 473 g/mol. The first-order chi connectivity index (χ1) is 15.8. The second-order valence-corrected chi connectivity index (χ2v) is 8.82. The van der Waals surface area contributed by atoms with Gasteiger partial charge in [0, 0.05) is 42.7 Å². The van der Waals surface area contributed by atoms with Gasteiger partial charge in [0.15, 0.2) is 0 Å². The Morgan fingerprint density at radius 1 is 1.18 bits per heavy atom. The van der Waals surface area contributed by atoms with E-state index in [-0.39, 0.29) is 23.7 Å². The third kappa shape index (κ3) is 6.16. The molecule has 1 aliphatic rings. The standard InChI is InChI=1S/C25H32ClN3O4/c1-4-33-25(32)23-16(2)20(17(3)28-23)9-10-22(30)29-13-11-18(12-14-29)24(31)27-15-19-7-5-6-8-21(19)26/h5-8,18,28H,4,9-15H2,1-3H3,(H,27,31). The molecule has 178 valence electrons. The number of nitrogens with one attached hydrogen (secondary N) is 2. The molecule has 1 fully saturated rings. The Hall–Kier alpha value is -2.80. The van der Waals surface area contributed by atoms with E-state index in [0.717, 1.165) is 22.4 Å². The molecular formula is C25H32ClN3O4. The number of esters is 1. The zero-order valence-electron chi connectivity index (χ0n) is 19.5. The maximum Gasteiger partial charge on any atom is 0.355 e. The van der Waals surface area contributed by atoms with Gasteiger partial charge in [-0.25, -0.2) is 4.79 Å². The van der Waals surface area contributed by atoms with Crippen molar-refractivity contribution in [3.63, 3.8) is 0 Å². The minimum Gasteiger partial charge on any atom is -0.461 e. The Morgan fingerprint density at radius 3 is 2.55 bits per heavy atom. The highest BCUT2D eigenvalue weighted by Crippen LogP contribution is 2.23. The van der Waals surface area contributed by atoms with Crippen molar-refractivity contribution in [2.45, 2.75) is 53.0 Å². The molecule has 0 atom stereocenters. The lowest BCUT2D eigenvalue weighted by molar-refractivity contribution is -0.135. The first-order valence-corrected chi connectivity index (χ1v) is 11.8. The zero-order valence-corrected chi connectivity index (χ0v) is 20.3. The summed E-state index contributed by atoms with van der Waals surface area (Å²) in [6.45, 7) is 7.42. The number of aryl methyl sites for hydroxylation is 1. The number of benzene rings is 1. The van der Waals surface area contributed by atoms with Crippen molar-refractivity contribution in [2.75, 3.05) is 19.7 Å². The van der Waals surface area contributed by atoms with E-state index in [1.807, 2.05) is 36.9 Å². The quantitative estimate of drug-likeness (QED) is 0.568. The third-order valence-electron chi connectivity index (χ3n) is 6.29. The van der Waals surface area contributed by atoms with Crippen LogP contribution >= 0.6 is 11.6 Å². The SMILES string of the molecule is CCOC(=O)c1[nH]c(C)c(CCC(=O)N2CCC(C(=O)NCc3ccccc3Cl)CC2)c1C. The van der Waals surface area contributed by atoms with Gasteiger partial charge in [-0.3, -0.25) is 9.59 Å². The van der Waals surface area contributed by atoms with Crippen molar-refractivity contribution in [3.8, 4) is 0 Å². The second-order valence-electron chi connectivity index (χ2n) is 8.41. The molecule has 2 N–H and O–H groups in total. The van der Waals surface area contributed by atoms with Gasteiger partial charge >= 0.3 is 5.97 Å². The summed E-state index contributed by atoms with van der Waals surface area (Å²) in [4.78, 5) is 42.3. The number of ether oxygens (including phenoxy) is 1. The van der Waals surface area contributed by atoms with E-state index in [1.165, 1.54) is 0 Å². The van der Waals surface area contributed by atoms with Crippen LogP contribution in [0.5, 0.6) is 0 Å². The van der Waals surface area contributed by atoms with Gasteiger partial charge in [-0.2, -0.15) is 0 Å². The largest absolute Gasteiger partial charge is 0.461 e. The van der Waals surface area contributed by atoms with E-state index in [2.05, 4.69) is 10.3 Å². The van der Waals surface area contributed by atoms with Crippen LogP contribution in [-0.4, -0.2) is 47.4 Å². The van der Waals surface area contributed by atoms with E-state index in [4.69, 9.17) is 16.3 Å². The van der Waals surface area contributed by atoms with Crippen LogP contribution in [0.4, 0.5) is 0 Å². The van der Waals surface area contributed by atoms with Crippen LogP contribution < -0.4 is 5.32 Å². The Labute approximate surface area is 199 Å². The Bertz CT molecular complexity index is 1010. The number of likely N-dealkylation sites (tertiary alicyclic amines) is 1. The van der Waals surface area contributed by atoms with Crippen molar-refractivity contribution in [3.05, 3.63) is 57.4 Å². The molecule has 1 aliphatic heterocycles. The summed E-state index contributed by atoms with van der Waals surface area (Å²) in [5.74, 6) is -0.391. The summed E-state index contributed by atoms with van der Waals surface area (Å²) in [5.41, 5.74) is 4.06. The minimum atomic E-state index is -0.370. The number of amides is 2. The van der Waals surface area contributed by atoms with E-state index in [1.54, 1.807) is 13.0 Å². The second kappa shape index (κ2) is 11.4. The summed E-state index contributed by atoms with van der Waals surface area (Å²) < 4.78 is 5.09. The third-order valence-corrected chi connectivity index (χ3v) is 6.66. The molecule has 0 unspecified atom stereocenters. The Morgan fingerprint density at radius 2 is 1.88 bits per heavy atom. The molecule has 0 radical (unpaired) electrons. The van der Waals surface area contributed by atoms with Gasteiger partial charge in [-0.15, -0.1) is 0 Å². The average Bonchev–Trinajstić information content (AvgIpc) is 3.10. The number of carbonyl (C=O) groups excluding carboxylic acids is 3. The molecule has 2 aromatic rings. The number of hydrogen-bond donors (Lipinski definition) is 2. The molecule has 1 aromatic carbocycles. The van der Waals surface area contributed by atoms with Crippen LogP contribution in [-0.2, 0) is 27.3 Å². The highest BCUT2D eigenvalue weighted by atomic mass is 35.5. The van der Waals surface area contributed by atoms with E-state index < -0.39 is 0 Å². The molecule has 8 heteroatoms. The Kier molecular flexibility index (Phi) is 8.55. The summed E-state index contributed by atoms with van der Waals surface area (Å²) in [7, 11) is 0. The number of piperidine rings is 1. The predicted octanol–water partition coefficient (Wildman–Crippen LogP) is 3.95. The van der Waals surface area contributed by atoms with Crippen LogP contribution in [0, 0.1) is 19.8 Å². The number of H-pyrrole nitrogens is 1. The van der Waals surface area contributed by atoms with Crippen molar-refractivity contribution < 1.29 is 19.1 Å². The van der Waals surface area contributed by atoms with Gasteiger partial charge in [0.25, 0.3) is 0 Å². The fourth-order valence-corrected chi connectivity index (χ4v) is 4.52. The number of carbonyl (C=O) groups is 3. The van der Waals surface area contributed by atoms with Crippen molar-refractivity contribution >= 4 is 29.4 Å². The lowest BCUT2D eigenvalue weighted by Gasteiger charge is -2.31. The smallest absolute Gasteiger partial charge is 0.355 e. The summed E-state index contributed by atoms with van der Waals surface area (Å²) in [5, 5.41) is 3.60. The van der Waals surface area contributed by atoms with Crippen LogP contribution in [0.25, 0.3) is 0 Å². The summed E-state index contributed by atoms with van der Waals surface area (Å²) >= 11 is 6.15. The number of rotatable bonds is 8. The molecule has 0 spiro atoms. The van der Waals surface area contributed by atoms with Crippen LogP contribution in [0.15, 0.2) is 24.3 Å². The van der Waals surface area contributed by atoms with Gasteiger partial charge < -0.3 is 19.9 Å². The number of hydrogen-bond acceptors (Lipinski definition) is 4. The van der Waals surface area contributed by atoms with Gasteiger partial charge in [-0.1, -0.05) is 29.8 Å². The molecule has 1 saturated heterocycles. The first kappa shape index (κ1) is 24.8. The molecule has 7 nitrogen and oxygen atoms in total. The number of aromatic nitrogens is 1. The lowest BCUT2D eigenvalue weighted by Crippen LogP contribution is -2.43. The molecule has 1 aromatic heterocycles. The maximum atomic E-state index is 12.8. The molecule has 0 bridgehead atoms. The van der Waals surface area contributed by atoms with E-state index in [0.29, 0.717) is 62.6 Å². The van der Waals surface area contributed by atoms with E-state index >= 15 is 0 Å². The molecule has 2 amide bonds. The Balaban J connectivity index is 1.46. The molecule has 3 rings (SSSR count). The molecule has 0 saturated carbocycles. The van der Waals surface area contributed by atoms with Gasteiger partial charge in [-0.05, 0) is 62.8 Å². The zero-order chi connectivity index (χ0) is 24.0. The normalized spacial score (nSPS) is 14.2. The van der Waals surface area contributed by atoms with Crippen molar-refractivity contribution in [1.29, 1.82) is 0 Å². The molecule has 0 aliphatic carbocycles. The minimum absolute atomic E-state index is 0.00656. The highest BCUT2D eigenvalue weighted by molar-refractivity contribution is 6.31. The predicted molar refractivity (Wildman–Crippen MR) is 127 cm³/mol. The molecule has 33 heavy (non-hydrogen) atoms. The van der Waals surface area contributed by atoms with Crippen LogP contribution in [0.1, 0.15) is 59.1 Å². The van der Waals surface area contributed by atoms with Gasteiger partial charge in [0.05, 0.1) is 6.61 Å². The van der Waals surface area contributed by atoms with E-state index in [9.17, 15) is 14.4 Å². The first-order valence-electron chi connectivity index (χ1n) is 11.5. The fourth-order valence-electron chi connectivity index (χ4n) is 4.32. The number of nitrogens with zero attached hydrogens (tertiary/aromatic N) is 1. The van der Waals surface area contributed by atoms with Crippen LogP contribution in [0.3, 0.4) is 0 Å².